The van der Waals surface area contributed by atoms with Gasteiger partial charge in [0.2, 0.25) is 5.95 Å². The molecule has 0 spiro atoms. The van der Waals surface area contributed by atoms with Crippen LogP contribution in [0.15, 0.2) is 65.2 Å². The third-order valence-corrected chi connectivity index (χ3v) is 5.61. The molecule has 3 aromatic rings. The first-order valence-electron chi connectivity index (χ1n) is 11.4. The Bertz CT molecular complexity index is 1120. The molecule has 0 unspecified atom stereocenters. The molecule has 2 aromatic carbocycles. The van der Waals surface area contributed by atoms with E-state index >= 15 is 0 Å². The van der Waals surface area contributed by atoms with Gasteiger partial charge in [-0.1, -0.05) is 48.7 Å². The molecule has 0 saturated heterocycles. The SMILES string of the molecule is CN=C1/C=C(\C)CCCCCCOc2ccccc2CNc2nc(c3ccccc3n2)N1. The van der Waals surface area contributed by atoms with Gasteiger partial charge in [-0.2, -0.15) is 4.98 Å². The number of nitrogens with zero attached hydrogens (tertiary/aromatic N) is 3. The van der Waals surface area contributed by atoms with E-state index in [0.717, 1.165) is 53.3 Å². The van der Waals surface area contributed by atoms with Crippen LogP contribution >= 0.6 is 0 Å². The highest BCUT2D eigenvalue weighted by Crippen LogP contribution is 2.24. The topological polar surface area (TPSA) is 71.4 Å². The van der Waals surface area contributed by atoms with Crippen molar-refractivity contribution in [2.24, 2.45) is 4.99 Å². The van der Waals surface area contributed by atoms with E-state index in [4.69, 9.17) is 14.7 Å². The van der Waals surface area contributed by atoms with Gasteiger partial charge in [0.05, 0.1) is 12.1 Å². The van der Waals surface area contributed by atoms with Crippen LogP contribution in [0.4, 0.5) is 11.8 Å². The Labute approximate surface area is 189 Å². The van der Waals surface area contributed by atoms with Gasteiger partial charge in [0.15, 0.2) is 0 Å². The molecule has 4 rings (SSSR count). The van der Waals surface area contributed by atoms with Gasteiger partial charge in [-0.3, -0.25) is 4.99 Å². The van der Waals surface area contributed by atoms with E-state index in [1.807, 2.05) is 42.5 Å². The third kappa shape index (κ3) is 5.63. The second-order valence-corrected chi connectivity index (χ2v) is 8.11. The largest absolute Gasteiger partial charge is 0.493 e. The first kappa shape index (κ1) is 21.8. The van der Waals surface area contributed by atoms with Crippen molar-refractivity contribution < 1.29 is 4.74 Å². The van der Waals surface area contributed by atoms with Gasteiger partial charge in [0.1, 0.15) is 17.4 Å². The Morgan fingerprint density at radius 1 is 0.938 bits per heavy atom. The van der Waals surface area contributed by atoms with Crippen LogP contribution in [0.5, 0.6) is 5.75 Å². The fraction of sp³-hybridized carbons (Fsp3) is 0.346. The summed E-state index contributed by atoms with van der Waals surface area (Å²) < 4.78 is 6.09. The van der Waals surface area contributed by atoms with Crippen molar-refractivity contribution in [1.82, 2.24) is 9.97 Å². The lowest BCUT2D eigenvalue weighted by Gasteiger charge is -2.15. The van der Waals surface area contributed by atoms with E-state index in [2.05, 4.69) is 34.7 Å². The smallest absolute Gasteiger partial charge is 0.225 e. The number of hydrogen-bond donors (Lipinski definition) is 2. The fourth-order valence-corrected chi connectivity index (χ4v) is 3.84. The molecule has 166 valence electrons. The van der Waals surface area contributed by atoms with Gasteiger partial charge in [0, 0.05) is 24.5 Å². The van der Waals surface area contributed by atoms with Crippen molar-refractivity contribution in [3.63, 3.8) is 0 Å². The van der Waals surface area contributed by atoms with Gasteiger partial charge in [-0.15, -0.1) is 0 Å². The predicted octanol–water partition coefficient (Wildman–Crippen LogP) is 5.97. The molecule has 6 nitrogen and oxygen atoms in total. The number of rotatable bonds is 0. The molecule has 0 saturated carbocycles. The lowest BCUT2D eigenvalue weighted by Crippen LogP contribution is -2.13. The normalized spacial score (nSPS) is 18.8. The summed E-state index contributed by atoms with van der Waals surface area (Å²) in [5.74, 6) is 3.03. The van der Waals surface area contributed by atoms with Crippen LogP contribution in [0.3, 0.4) is 0 Å². The number of aliphatic imine (C=N–C) groups is 1. The Hall–Kier alpha value is -3.41. The molecule has 2 bridgehead atoms. The van der Waals surface area contributed by atoms with Crippen molar-refractivity contribution in [1.29, 1.82) is 0 Å². The molecular weight excluding hydrogens is 398 g/mol. The summed E-state index contributed by atoms with van der Waals surface area (Å²) in [5.41, 5.74) is 3.28. The standard InChI is InChI=1S/C26H31N5O/c1-19-11-5-3-4-10-16-32-23-15-9-6-12-20(23)18-28-26-29-22-14-8-7-13-21(22)25(31-26)30-24(17-19)27-2/h6-9,12-15,17H,3-5,10-11,16,18H2,1-2H3,(H2,27,28,29,30,31)/b19-17+. The van der Waals surface area contributed by atoms with E-state index in [0.29, 0.717) is 12.5 Å². The minimum absolute atomic E-state index is 0.568. The van der Waals surface area contributed by atoms with Crippen LogP contribution in [0.2, 0.25) is 0 Å². The van der Waals surface area contributed by atoms with Crippen molar-refractivity contribution >= 4 is 28.5 Å². The van der Waals surface area contributed by atoms with Crippen molar-refractivity contribution in [3.8, 4) is 5.75 Å². The van der Waals surface area contributed by atoms with E-state index in [1.165, 1.54) is 24.8 Å². The summed E-state index contributed by atoms with van der Waals surface area (Å²) in [4.78, 5) is 13.9. The minimum atomic E-state index is 0.568. The van der Waals surface area contributed by atoms with Crippen LogP contribution in [0.1, 0.15) is 44.6 Å². The molecule has 0 amide bonds. The lowest BCUT2D eigenvalue weighted by atomic mass is 10.1. The maximum Gasteiger partial charge on any atom is 0.225 e. The summed E-state index contributed by atoms with van der Waals surface area (Å²) in [7, 11) is 1.80. The maximum atomic E-state index is 6.09. The highest BCUT2D eigenvalue weighted by molar-refractivity contribution is 6.07. The highest BCUT2D eigenvalue weighted by atomic mass is 16.5. The van der Waals surface area contributed by atoms with E-state index in [1.54, 1.807) is 7.05 Å². The fourth-order valence-electron chi connectivity index (χ4n) is 3.84. The number of fused-ring (bicyclic) bond motifs is 5. The molecule has 1 aliphatic rings. The summed E-state index contributed by atoms with van der Waals surface area (Å²) in [6.07, 6.45) is 7.77. The Morgan fingerprint density at radius 3 is 2.66 bits per heavy atom. The average molecular weight is 430 g/mol. The first-order valence-corrected chi connectivity index (χ1v) is 11.4. The molecule has 2 N–H and O–H groups in total. The minimum Gasteiger partial charge on any atom is -0.493 e. The molecule has 1 aromatic heterocycles. The zero-order valence-electron chi connectivity index (χ0n) is 18.9. The molecular formula is C26H31N5O. The summed E-state index contributed by atoms with van der Waals surface area (Å²) in [5, 5.41) is 7.77. The maximum absolute atomic E-state index is 6.09. The first-order chi connectivity index (χ1) is 15.7. The van der Waals surface area contributed by atoms with Crippen LogP contribution in [0.25, 0.3) is 10.9 Å². The van der Waals surface area contributed by atoms with E-state index in [-0.39, 0.29) is 0 Å². The molecule has 32 heavy (non-hydrogen) atoms. The van der Waals surface area contributed by atoms with Crippen molar-refractivity contribution in [2.45, 2.75) is 45.6 Å². The molecule has 0 radical (unpaired) electrons. The highest BCUT2D eigenvalue weighted by Gasteiger charge is 2.11. The zero-order chi connectivity index (χ0) is 22.2. The lowest BCUT2D eigenvalue weighted by molar-refractivity contribution is 0.302. The number of aromatic nitrogens is 2. The van der Waals surface area contributed by atoms with Crippen LogP contribution < -0.4 is 15.4 Å². The number of allylic oxidation sites excluding steroid dienone is 1. The molecule has 0 atom stereocenters. The van der Waals surface area contributed by atoms with Crippen molar-refractivity contribution in [2.75, 3.05) is 24.3 Å². The number of amidine groups is 1. The summed E-state index contributed by atoms with van der Waals surface area (Å²) >= 11 is 0. The number of para-hydroxylation sites is 2. The summed E-state index contributed by atoms with van der Waals surface area (Å²) in [6, 6.07) is 16.2. The van der Waals surface area contributed by atoms with Gasteiger partial charge in [0.25, 0.3) is 0 Å². The predicted molar refractivity (Wildman–Crippen MR) is 133 cm³/mol. The zero-order valence-corrected chi connectivity index (χ0v) is 18.9. The third-order valence-electron chi connectivity index (χ3n) is 5.61. The number of anilines is 2. The van der Waals surface area contributed by atoms with Gasteiger partial charge >= 0.3 is 0 Å². The monoisotopic (exact) mass is 429 g/mol. The average Bonchev–Trinajstić information content (AvgIpc) is 2.81. The number of benzene rings is 2. The molecule has 1 aliphatic heterocycles. The number of ether oxygens (including phenoxy) is 1. The number of hydrogen-bond acceptors (Lipinski definition) is 5. The van der Waals surface area contributed by atoms with Gasteiger partial charge < -0.3 is 15.4 Å². The Morgan fingerprint density at radius 2 is 1.75 bits per heavy atom. The second-order valence-electron chi connectivity index (χ2n) is 8.11. The van der Waals surface area contributed by atoms with Crippen LogP contribution in [-0.4, -0.2) is 29.5 Å². The molecule has 6 heteroatoms. The molecule has 2 heterocycles. The Kier molecular flexibility index (Phi) is 7.33. The van der Waals surface area contributed by atoms with Gasteiger partial charge in [-0.25, -0.2) is 4.98 Å². The van der Waals surface area contributed by atoms with E-state index in [9.17, 15) is 0 Å². The van der Waals surface area contributed by atoms with E-state index < -0.39 is 0 Å². The number of nitrogens with one attached hydrogen (secondary N) is 2. The quantitative estimate of drug-likeness (QED) is 0.460. The molecule has 0 fully saturated rings. The summed E-state index contributed by atoms with van der Waals surface area (Å²) in [6.45, 7) is 3.48. The van der Waals surface area contributed by atoms with Crippen LogP contribution in [-0.2, 0) is 6.54 Å². The Balaban J connectivity index is 1.69. The molecule has 0 aliphatic carbocycles. The van der Waals surface area contributed by atoms with Gasteiger partial charge in [-0.05, 0) is 50.5 Å². The van der Waals surface area contributed by atoms with Crippen LogP contribution in [0, 0.1) is 0 Å². The van der Waals surface area contributed by atoms with Crippen molar-refractivity contribution in [3.05, 3.63) is 65.7 Å². The second kappa shape index (κ2) is 10.8.